The van der Waals surface area contributed by atoms with Crippen LogP contribution >= 0.6 is 0 Å². The summed E-state index contributed by atoms with van der Waals surface area (Å²) in [5.74, 6) is 0.426. The van der Waals surface area contributed by atoms with E-state index in [4.69, 9.17) is 9.15 Å². The fraction of sp³-hybridized carbons (Fsp3) is 0.235. The second kappa shape index (κ2) is 5.84. The molecular weight excluding hydrogens is 310 g/mol. The van der Waals surface area contributed by atoms with Crippen molar-refractivity contribution < 1.29 is 13.9 Å². The Bertz CT molecular complexity index is 1000. The number of aryl methyl sites for hydroxylation is 3. The van der Waals surface area contributed by atoms with E-state index in [0.717, 1.165) is 5.56 Å². The summed E-state index contributed by atoms with van der Waals surface area (Å²) in [6, 6.07) is 5.45. The molecule has 0 saturated heterocycles. The van der Waals surface area contributed by atoms with Gasteiger partial charge in [0.05, 0.1) is 18.4 Å². The number of hydrogen-bond acceptors (Lipinski definition) is 5. The number of fused-ring (bicyclic) bond motifs is 1. The number of nitrogens with zero attached hydrogens (tertiary/aromatic N) is 2. The zero-order valence-corrected chi connectivity index (χ0v) is 13.8. The third kappa shape index (κ3) is 2.54. The molecule has 0 aliphatic carbocycles. The molecule has 0 aliphatic rings. The van der Waals surface area contributed by atoms with Crippen molar-refractivity contribution in [2.45, 2.75) is 13.8 Å². The lowest BCUT2D eigenvalue weighted by Gasteiger charge is -2.10. The van der Waals surface area contributed by atoms with Crippen LogP contribution in [0.15, 0.2) is 33.7 Å². The molecule has 0 saturated carbocycles. The molecule has 1 N–H and O–H groups in total. The molecule has 2 heterocycles. The van der Waals surface area contributed by atoms with Gasteiger partial charge in [0, 0.05) is 7.05 Å². The Morgan fingerprint density at radius 2 is 2.08 bits per heavy atom. The van der Waals surface area contributed by atoms with Gasteiger partial charge in [-0.05, 0) is 31.5 Å². The number of amides is 1. The summed E-state index contributed by atoms with van der Waals surface area (Å²) in [5.41, 5.74) is 1.49. The fourth-order valence-corrected chi connectivity index (χ4v) is 2.56. The van der Waals surface area contributed by atoms with Crippen molar-refractivity contribution >= 4 is 22.7 Å². The van der Waals surface area contributed by atoms with E-state index in [0.29, 0.717) is 17.2 Å². The summed E-state index contributed by atoms with van der Waals surface area (Å²) in [5, 5.41) is 2.95. The van der Waals surface area contributed by atoms with Crippen LogP contribution in [0, 0.1) is 13.8 Å². The minimum absolute atomic E-state index is 0.150. The lowest BCUT2D eigenvalue weighted by molar-refractivity contribution is 0.102. The second-order valence-corrected chi connectivity index (χ2v) is 5.53. The number of carbonyl (C=O) groups is 1. The van der Waals surface area contributed by atoms with Crippen LogP contribution in [0.5, 0.6) is 5.75 Å². The normalized spacial score (nSPS) is 10.8. The van der Waals surface area contributed by atoms with E-state index in [1.165, 1.54) is 18.0 Å². The standard InChI is InChI=1S/C17H17N3O4/c1-9-5-6-12(23-4)11(7-9)19-15(21)13-10(2)24-16-14(13)17(22)20(3)8-18-16/h5-8H,1-4H3,(H,19,21). The van der Waals surface area contributed by atoms with Crippen LogP contribution in [0.2, 0.25) is 0 Å². The molecule has 124 valence electrons. The average Bonchev–Trinajstić information content (AvgIpc) is 2.88. The molecule has 1 aromatic carbocycles. The number of hydrogen-bond donors (Lipinski definition) is 1. The quantitative estimate of drug-likeness (QED) is 0.798. The average molecular weight is 327 g/mol. The van der Waals surface area contributed by atoms with Crippen molar-refractivity contribution in [2.24, 2.45) is 7.05 Å². The molecule has 0 spiro atoms. The van der Waals surface area contributed by atoms with Crippen molar-refractivity contribution in [1.29, 1.82) is 0 Å². The molecule has 1 amide bonds. The number of ether oxygens (including phenoxy) is 1. The van der Waals surface area contributed by atoms with Gasteiger partial charge in [-0.3, -0.25) is 9.59 Å². The lowest BCUT2D eigenvalue weighted by Crippen LogP contribution is -2.20. The van der Waals surface area contributed by atoms with Gasteiger partial charge in [-0.25, -0.2) is 4.98 Å². The Morgan fingerprint density at radius 1 is 1.33 bits per heavy atom. The molecular formula is C17H17N3O4. The van der Waals surface area contributed by atoms with Gasteiger partial charge in [0.2, 0.25) is 5.71 Å². The highest BCUT2D eigenvalue weighted by Gasteiger charge is 2.23. The number of aromatic nitrogens is 2. The molecule has 0 radical (unpaired) electrons. The highest BCUT2D eigenvalue weighted by molar-refractivity contribution is 6.13. The summed E-state index contributed by atoms with van der Waals surface area (Å²) < 4.78 is 12.0. The smallest absolute Gasteiger partial charge is 0.265 e. The van der Waals surface area contributed by atoms with Gasteiger partial charge in [0.25, 0.3) is 11.5 Å². The zero-order valence-electron chi connectivity index (χ0n) is 13.8. The second-order valence-electron chi connectivity index (χ2n) is 5.53. The first-order valence-electron chi connectivity index (χ1n) is 7.33. The number of anilines is 1. The minimum atomic E-state index is -0.444. The van der Waals surface area contributed by atoms with E-state index in [2.05, 4.69) is 10.3 Å². The SMILES string of the molecule is COc1ccc(C)cc1NC(=O)c1c(C)oc2ncn(C)c(=O)c12. The zero-order chi connectivity index (χ0) is 17.4. The van der Waals surface area contributed by atoms with Crippen LogP contribution in [-0.2, 0) is 7.05 Å². The Balaban J connectivity index is 2.10. The molecule has 3 rings (SSSR count). The summed E-state index contributed by atoms with van der Waals surface area (Å²) in [6.45, 7) is 3.54. The van der Waals surface area contributed by atoms with Crippen LogP contribution < -0.4 is 15.6 Å². The first-order chi connectivity index (χ1) is 11.4. The van der Waals surface area contributed by atoms with E-state index in [1.54, 1.807) is 26.1 Å². The molecule has 2 aromatic heterocycles. The number of rotatable bonds is 3. The van der Waals surface area contributed by atoms with E-state index in [1.807, 2.05) is 13.0 Å². The summed E-state index contributed by atoms with van der Waals surface area (Å²) in [4.78, 5) is 29.2. The maximum Gasteiger partial charge on any atom is 0.265 e. The molecule has 7 nitrogen and oxygen atoms in total. The highest BCUT2D eigenvalue weighted by Crippen LogP contribution is 2.27. The Kier molecular flexibility index (Phi) is 3.84. The van der Waals surface area contributed by atoms with Crippen molar-refractivity contribution in [3.63, 3.8) is 0 Å². The summed E-state index contributed by atoms with van der Waals surface area (Å²) in [6.07, 6.45) is 1.36. The number of furan rings is 1. The maximum absolute atomic E-state index is 12.8. The van der Waals surface area contributed by atoms with E-state index < -0.39 is 5.91 Å². The lowest BCUT2D eigenvalue weighted by atomic mass is 10.1. The van der Waals surface area contributed by atoms with Gasteiger partial charge in [0.15, 0.2) is 0 Å². The van der Waals surface area contributed by atoms with Crippen LogP contribution in [-0.4, -0.2) is 22.6 Å². The predicted octanol–water partition coefficient (Wildman–Crippen LogP) is 2.40. The van der Waals surface area contributed by atoms with Crippen molar-refractivity contribution in [2.75, 3.05) is 12.4 Å². The molecule has 0 atom stereocenters. The monoisotopic (exact) mass is 327 g/mol. The third-order valence-corrected chi connectivity index (χ3v) is 3.78. The van der Waals surface area contributed by atoms with Crippen molar-refractivity contribution in [3.05, 3.63) is 51.8 Å². The van der Waals surface area contributed by atoms with Gasteiger partial charge in [0.1, 0.15) is 23.2 Å². The van der Waals surface area contributed by atoms with Gasteiger partial charge in [-0.15, -0.1) is 0 Å². The topological polar surface area (TPSA) is 86.4 Å². The molecule has 7 heteroatoms. The first-order valence-corrected chi connectivity index (χ1v) is 7.33. The first kappa shape index (κ1) is 15.8. The van der Waals surface area contributed by atoms with Crippen molar-refractivity contribution in [3.8, 4) is 5.75 Å². The number of benzene rings is 1. The number of methoxy groups -OCH3 is 1. The van der Waals surface area contributed by atoms with Crippen molar-refractivity contribution in [1.82, 2.24) is 9.55 Å². The van der Waals surface area contributed by atoms with Gasteiger partial charge < -0.3 is 19.0 Å². The molecule has 0 fully saturated rings. The van der Waals surface area contributed by atoms with Crippen LogP contribution in [0.1, 0.15) is 21.7 Å². The van der Waals surface area contributed by atoms with Crippen LogP contribution in [0.25, 0.3) is 11.1 Å². The highest BCUT2D eigenvalue weighted by atomic mass is 16.5. The number of nitrogens with one attached hydrogen (secondary N) is 1. The van der Waals surface area contributed by atoms with Gasteiger partial charge >= 0.3 is 0 Å². The molecule has 3 aromatic rings. The van der Waals surface area contributed by atoms with Crippen LogP contribution in [0.3, 0.4) is 0 Å². The molecule has 0 unspecified atom stereocenters. The summed E-state index contributed by atoms with van der Waals surface area (Å²) >= 11 is 0. The van der Waals surface area contributed by atoms with Gasteiger partial charge in [-0.2, -0.15) is 0 Å². The minimum Gasteiger partial charge on any atom is -0.495 e. The van der Waals surface area contributed by atoms with Gasteiger partial charge in [-0.1, -0.05) is 6.07 Å². The molecule has 0 bridgehead atoms. The van der Waals surface area contributed by atoms with E-state index >= 15 is 0 Å². The fourth-order valence-electron chi connectivity index (χ4n) is 2.56. The van der Waals surface area contributed by atoms with E-state index in [-0.39, 0.29) is 22.2 Å². The maximum atomic E-state index is 12.8. The third-order valence-electron chi connectivity index (χ3n) is 3.78. The predicted molar refractivity (Wildman–Crippen MR) is 89.7 cm³/mol. The Morgan fingerprint density at radius 3 is 2.79 bits per heavy atom. The van der Waals surface area contributed by atoms with Crippen LogP contribution in [0.4, 0.5) is 5.69 Å². The number of carbonyl (C=O) groups excluding carboxylic acids is 1. The molecule has 0 aliphatic heterocycles. The summed E-state index contributed by atoms with van der Waals surface area (Å²) in [7, 11) is 3.10. The largest absolute Gasteiger partial charge is 0.495 e. The Labute approximate surface area is 137 Å². The Hall–Kier alpha value is -3.09. The molecule has 24 heavy (non-hydrogen) atoms. The van der Waals surface area contributed by atoms with E-state index in [9.17, 15) is 9.59 Å².